The maximum absolute atomic E-state index is 12.8. The Labute approximate surface area is 158 Å². The summed E-state index contributed by atoms with van der Waals surface area (Å²) in [6.45, 7) is 3.16. The van der Waals surface area contributed by atoms with E-state index in [0.717, 1.165) is 0 Å². The zero-order valence-corrected chi connectivity index (χ0v) is 15.5. The van der Waals surface area contributed by atoms with Crippen LogP contribution >= 0.6 is 23.2 Å². The normalized spacial score (nSPS) is 13.9. The maximum atomic E-state index is 12.8. The molecule has 0 saturated heterocycles. The van der Waals surface area contributed by atoms with Gasteiger partial charge in [0.2, 0.25) is 0 Å². The van der Waals surface area contributed by atoms with Crippen LogP contribution in [0.4, 0.5) is 0 Å². The van der Waals surface area contributed by atoms with Gasteiger partial charge in [-0.1, -0.05) is 23.2 Å². The third kappa shape index (κ3) is 2.77. The number of amides is 1. The number of carbonyl (C=O) groups excluding carboxylic acids is 1. The van der Waals surface area contributed by atoms with Crippen molar-refractivity contribution in [3.63, 3.8) is 0 Å². The molecule has 0 fully saturated rings. The van der Waals surface area contributed by atoms with Gasteiger partial charge >= 0.3 is 0 Å². The van der Waals surface area contributed by atoms with E-state index in [2.05, 4.69) is 10.1 Å². The molecule has 3 aromatic rings. The minimum Gasteiger partial charge on any atom is -0.332 e. The standard InChI is InChI=1S/C17H15Cl2N5O2/c1-2-23-9-12(19)15(21-23)17(26)22-6-5-13-11(8-22)16(25)24-7-10(18)3-4-14(24)20-13/h3-4,7,9H,2,5-6,8H2,1H3. The quantitative estimate of drug-likeness (QED) is 0.672. The van der Waals surface area contributed by atoms with E-state index in [0.29, 0.717) is 46.5 Å². The first-order valence-corrected chi connectivity index (χ1v) is 8.95. The zero-order valence-electron chi connectivity index (χ0n) is 13.9. The lowest BCUT2D eigenvalue weighted by Crippen LogP contribution is -2.40. The Balaban J connectivity index is 1.72. The number of hydrogen-bond acceptors (Lipinski definition) is 4. The number of carbonyl (C=O) groups is 1. The van der Waals surface area contributed by atoms with Crippen LogP contribution in [0, 0.1) is 0 Å². The lowest BCUT2D eigenvalue weighted by Gasteiger charge is -2.27. The van der Waals surface area contributed by atoms with Gasteiger partial charge in [-0.05, 0) is 19.1 Å². The molecule has 0 aromatic carbocycles. The predicted octanol–water partition coefficient (Wildman–Crippen LogP) is 2.42. The molecule has 0 atom stereocenters. The third-order valence-corrected chi connectivity index (χ3v) is 4.96. The Morgan fingerprint density at radius 1 is 1.27 bits per heavy atom. The molecule has 0 aliphatic carbocycles. The molecule has 26 heavy (non-hydrogen) atoms. The molecule has 3 aromatic heterocycles. The number of fused-ring (bicyclic) bond motifs is 2. The molecule has 0 unspecified atom stereocenters. The predicted molar refractivity (Wildman–Crippen MR) is 97.8 cm³/mol. The number of aromatic nitrogens is 4. The molecule has 134 valence electrons. The molecule has 4 rings (SSSR count). The van der Waals surface area contributed by atoms with E-state index >= 15 is 0 Å². The fraction of sp³-hybridized carbons (Fsp3) is 0.294. The van der Waals surface area contributed by atoms with Gasteiger partial charge in [-0.15, -0.1) is 0 Å². The summed E-state index contributed by atoms with van der Waals surface area (Å²) in [5, 5.41) is 4.97. The van der Waals surface area contributed by atoms with Crippen molar-refractivity contribution < 1.29 is 4.79 Å². The highest BCUT2D eigenvalue weighted by molar-refractivity contribution is 6.33. The number of halogens is 2. The number of aryl methyl sites for hydroxylation is 1. The van der Waals surface area contributed by atoms with E-state index in [1.165, 1.54) is 10.6 Å². The van der Waals surface area contributed by atoms with E-state index in [1.54, 1.807) is 27.9 Å². The molecule has 1 aliphatic heterocycles. The topological polar surface area (TPSA) is 72.5 Å². The minimum atomic E-state index is -0.288. The van der Waals surface area contributed by atoms with Crippen molar-refractivity contribution in [1.82, 2.24) is 24.1 Å². The van der Waals surface area contributed by atoms with Gasteiger partial charge in [0, 0.05) is 31.9 Å². The Bertz CT molecular complexity index is 1090. The molecule has 7 nitrogen and oxygen atoms in total. The summed E-state index contributed by atoms with van der Waals surface area (Å²) in [6.07, 6.45) is 3.66. The van der Waals surface area contributed by atoms with Crippen molar-refractivity contribution in [3.8, 4) is 0 Å². The van der Waals surface area contributed by atoms with Crippen molar-refractivity contribution in [2.24, 2.45) is 0 Å². The van der Waals surface area contributed by atoms with E-state index in [4.69, 9.17) is 23.2 Å². The molecule has 0 bridgehead atoms. The van der Waals surface area contributed by atoms with Crippen LogP contribution in [0.5, 0.6) is 0 Å². The molecule has 0 radical (unpaired) electrons. The Morgan fingerprint density at radius 3 is 2.81 bits per heavy atom. The van der Waals surface area contributed by atoms with Crippen molar-refractivity contribution in [2.45, 2.75) is 26.4 Å². The lowest BCUT2D eigenvalue weighted by atomic mass is 10.1. The van der Waals surface area contributed by atoms with Crippen LogP contribution in [0.15, 0.2) is 29.3 Å². The molecule has 4 heterocycles. The van der Waals surface area contributed by atoms with Gasteiger partial charge in [-0.25, -0.2) is 4.98 Å². The number of pyridine rings is 1. The second-order valence-electron chi connectivity index (χ2n) is 6.08. The SMILES string of the molecule is CCn1cc(Cl)c(C(=O)N2CCc3nc4ccc(Cl)cn4c(=O)c3C2)n1. The summed E-state index contributed by atoms with van der Waals surface area (Å²) in [5.74, 6) is -0.288. The van der Waals surface area contributed by atoms with E-state index in [-0.39, 0.29) is 23.7 Å². The fourth-order valence-electron chi connectivity index (χ4n) is 3.10. The summed E-state index contributed by atoms with van der Waals surface area (Å²) < 4.78 is 3.02. The van der Waals surface area contributed by atoms with Crippen LogP contribution in [0.3, 0.4) is 0 Å². The lowest BCUT2D eigenvalue weighted by molar-refractivity contribution is 0.0726. The molecule has 0 saturated carbocycles. The summed E-state index contributed by atoms with van der Waals surface area (Å²) in [5.41, 5.74) is 1.74. The molecule has 1 aliphatic rings. The van der Waals surface area contributed by atoms with Gasteiger partial charge in [-0.2, -0.15) is 5.10 Å². The Hall–Kier alpha value is -2.38. The highest BCUT2D eigenvalue weighted by atomic mass is 35.5. The highest BCUT2D eigenvalue weighted by Crippen LogP contribution is 2.21. The molecule has 9 heteroatoms. The molecular weight excluding hydrogens is 377 g/mol. The van der Waals surface area contributed by atoms with Gasteiger partial charge in [0.05, 0.1) is 27.8 Å². The van der Waals surface area contributed by atoms with Crippen molar-refractivity contribution in [3.05, 3.63) is 61.9 Å². The zero-order chi connectivity index (χ0) is 18.4. The van der Waals surface area contributed by atoms with Crippen LogP contribution < -0.4 is 5.56 Å². The van der Waals surface area contributed by atoms with E-state index in [9.17, 15) is 9.59 Å². The van der Waals surface area contributed by atoms with E-state index in [1.807, 2.05) is 6.92 Å². The van der Waals surface area contributed by atoms with Crippen LogP contribution in [0.2, 0.25) is 10.0 Å². The third-order valence-electron chi connectivity index (χ3n) is 4.46. The second-order valence-corrected chi connectivity index (χ2v) is 6.92. The monoisotopic (exact) mass is 391 g/mol. The first-order valence-electron chi connectivity index (χ1n) is 8.20. The van der Waals surface area contributed by atoms with Crippen molar-refractivity contribution >= 4 is 34.8 Å². The fourth-order valence-corrected chi connectivity index (χ4v) is 3.49. The maximum Gasteiger partial charge on any atom is 0.276 e. The number of nitrogens with zero attached hydrogens (tertiary/aromatic N) is 5. The van der Waals surface area contributed by atoms with Crippen LogP contribution in [0.25, 0.3) is 5.65 Å². The summed E-state index contributed by atoms with van der Waals surface area (Å²) in [7, 11) is 0. The van der Waals surface area contributed by atoms with Gasteiger partial charge in [0.15, 0.2) is 5.69 Å². The smallest absolute Gasteiger partial charge is 0.276 e. The first kappa shape index (κ1) is 17.1. The van der Waals surface area contributed by atoms with Crippen LogP contribution in [-0.2, 0) is 19.5 Å². The first-order chi connectivity index (χ1) is 12.5. The number of hydrogen-bond donors (Lipinski definition) is 0. The molecular formula is C17H15Cl2N5O2. The van der Waals surface area contributed by atoms with E-state index < -0.39 is 0 Å². The van der Waals surface area contributed by atoms with Gasteiger partial charge in [0.1, 0.15) is 5.65 Å². The average Bonchev–Trinajstić information content (AvgIpc) is 3.02. The summed E-state index contributed by atoms with van der Waals surface area (Å²) >= 11 is 12.1. The van der Waals surface area contributed by atoms with Crippen molar-refractivity contribution in [1.29, 1.82) is 0 Å². The summed E-state index contributed by atoms with van der Waals surface area (Å²) in [4.78, 5) is 31.8. The van der Waals surface area contributed by atoms with Crippen molar-refractivity contribution in [2.75, 3.05) is 6.54 Å². The van der Waals surface area contributed by atoms with Crippen LogP contribution in [0.1, 0.15) is 28.7 Å². The van der Waals surface area contributed by atoms with Crippen LogP contribution in [-0.4, -0.2) is 36.5 Å². The average molecular weight is 392 g/mol. The van der Waals surface area contributed by atoms with Gasteiger partial charge in [0.25, 0.3) is 11.5 Å². The summed E-state index contributed by atoms with van der Waals surface area (Å²) in [6, 6.07) is 3.40. The molecule has 1 amide bonds. The Kier molecular flexibility index (Phi) is 4.20. The minimum absolute atomic E-state index is 0.171. The number of rotatable bonds is 2. The molecule has 0 N–H and O–H groups in total. The largest absolute Gasteiger partial charge is 0.332 e. The Morgan fingerprint density at radius 2 is 2.08 bits per heavy atom. The van der Waals surface area contributed by atoms with Gasteiger partial charge in [-0.3, -0.25) is 18.7 Å². The van der Waals surface area contributed by atoms with Gasteiger partial charge < -0.3 is 4.90 Å². The second kappa shape index (κ2) is 6.41. The highest BCUT2D eigenvalue weighted by Gasteiger charge is 2.28. The molecule has 0 spiro atoms.